The standard InChI is InChI=1S/C30H34FN3O5S2.C25H25FN2O4S2.I2.HI/c1-20(2)27(32)30(36)39-18-16-26(23-8-12-24(31)13-9-23)33-28(35)29-34(17-19-40-29)41(37,38)25-14-10-22(11-15-25)21-6-4-3-5-7-21;26-21-10-6-20(7-11-21)23(14-16-29)27-24(30)25-28(15-17-33-25)34(31,32)22-12-8-19(9-13-22)18-4-2-1-3-5-18;1-2;/h3-15,20,26-27,29H,16-19,32H2,1-2H3,(H,33,35);1-13,23,25,29H,14-17H2,(H,27,30);;1H/t26-,27-,29-;23-,25-;;/m00../s1. The number of hydrogen-bond donors (Lipinski definition) is 4. The van der Waals surface area contributed by atoms with Crippen molar-refractivity contribution in [2.24, 2.45) is 11.7 Å². The van der Waals surface area contributed by atoms with Gasteiger partial charge in [0.1, 0.15) is 28.4 Å². The summed E-state index contributed by atoms with van der Waals surface area (Å²) in [6, 6.07) is 41.8. The van der Waals surface area contributed by atoms with Crippen LogP contribution in [0.4, 0.5) is 8.78 Å². The van der Waals surface area contributed by atoms with E-state index in [4.69, 9.17) is 10.5 Å². The summed E-state index contributed by atoms with van der Waals surface area (Å²) in [5.74, 6) is -1.52. The molecular weight excluding hydrogens is 1420 g/mol. The minimum Gasteiger partial charge on any atom is -0.464 e. The van der Waals surface area contributed by atoms with Crippen molar-refractivity contribution in [3.63, 3.8) is 0 Å². The predicted octanol–water partition coefficient (Wildman–Crippen LogP) is 10.5. The molecule has 2 aliphatic heterocycles. The van der Waals surface area contributed by atoms with Gasteiger partial charge >= 0.3 is 5.97 Å². The van der Waals surface area contributed by atoms with Gasteiger partial charge in [0.2, 0.25) is 31.9 Å². The van der Waals surface area contributed by atoms with Gasteiger partial charge in [0.15, 0.2) is 0 Å². The van der Waals surface area contributed by atoms with Crippen LogP contribution in [0.2, 0.25) is 0 Å². The van der Waals surface area contributed by atoms with Gasteiger partial charge in [0.05, 0.1) is 28.5 Å². The Morgan fingerprint density at radius 2 is 0.974 bits per heavy atom. The van der Waals surface area contributed by atoms with Gasteiger partial charge in [-0.3, -0.25) is 14.4 Å². The molecule has 2 amide bonds. The molecule has 0 aromatic heterocycles. The van der Waals surface area contributed by atoms with Crippen molar-refractivity contribution >= 4 is 123 Å². The Hall–Kier alpha value is -3.78. The van der Waals surface area contributed by atoms with Crippen molar-refractivity contribution in [2.45, 2.75) is 65.4 Å². The topological polar surface area (TPSA) is 206 Å². The normalized spacial score (nSPS) is 16.7. The van der Waals surface area contributed by atoms with Crippen LogP contribution >= 0.6 is 84.7 Å². The van der Waals surface area contributed by atoms with Crippen LogP contribution in [-0.2, 0) is 39.2 Å². The molecule has 0 saturated carbocycles. The van der Waals surface area contributed by atoms with E-state index in [2.05, 4.69) is 47.9 Å². The molecule has 2 aliphatic rings. The number of aliphatic hydroxyl groups is 1. The van der Waals surface area contributed by atoms with Crippen molar-refractivity contribution in [1.82, 2.24) is 19.2 Å². The zero-order chi connectivity index (χ0) is 55.7. The van der Waals surface area contributed by atoms with Crippen LogP contribution in [0.3, 0.4) is 0 Å². The predicted molar refractivity (Wildman–Crippen MR) is 332 cm³/mol. The summed E-state index contributed by atoms with van der Waals surface area (Å²) in [6.07, 6.45) is 0.418. The van der Waals surface area contributed by atoms with Gasteiger partial charge in [-0.05, 0) is 94.3 Å². The van der Waals surface area contributed by atoms with Crippen molar-refractivity contribution in [3.8, 4) is 22.3 Å². The van der Waals surface area contributed by atoms with E-state index in [0.717, 1.165) is 22.3 Å². The molecule has 14 nitrogen and oxygen atoms in total. The van der Waals surface area contributed by atoms with Gasteiger partial charge in [-0.15, -0.1) is 47.5 Å². The van der Waals surface area contributed by atoms with Gasteiger partial charge in [-0.2, -0.15) is 8.61 Å². The molecule has 0 radical (unpaired) electrons. The van der Waals surface area contributed by atoms with Gasteiger partial charge in [0.25, 0.3) is 0 Å². The molecule has 8 rings (SSSR count). The molecule has 0 aliphatic carbocycles. The van der Waals surface area contributed by atoms with Crippen molar-refractivity contribution in [1.29, 1.82) is 0 Å². The Bertz CT molecular complexity index is 3090. The van der Waals surface area contributed by atoms with Crippen LogP contribution in [0.25, 0.3) is 22.3 Å². The van der Waals surface area contributed by atoms with E-state index in [0.29, 0.717) is 22.6 Å². The maximum atomic E-state index is 13.6. The zero-order valence-corrected chi connectivity index (χ0v) is 52.3. The number of amides is 2. The molecule has 2 heterocycles. The minimum absolute atomic E-state index is 0. The lowest BCUT2D eigenvalue weighted by atomic mass is 10.0. The molecule has 78 heavy (non-hydrogen) atoms. The number of halogens is 5. The molecule has 418 valence electrons. The largest absolute Gasteiger partial charge is 0.464 e. The molecule has 0 unspecified atom stereocenters. The first kappa shape index (κ1) is 65.0. The molecule has 2 fully saturated rings. The second-order valence-corrected chi connectivity index (χ2v) is 24.1. The zero-order valence-electron chi connectivity index (χ0n) is 42.4. The Morgan fingerprint density at radius 1 is 0.615 bits per heavy atom. The number of rotatable bonds is 19. The molecule has 0 bridgehead atoms. The number of nitrogens with one attached hydrogen (secondary N) is 2. The molecule has 23 heteroatoms. The number of ether oxygens (including phenoxy) is 1. The number of aliphatic hydroxyl groups excluding tert-OH is 1. The summed E-state index contributed by atoms with van der Waals surface area (Å²) in [4.78, 5) is 39.0. The maximum absolute atomic E-state index is 13.6. The summed E-state index contributed by atoms with van der Waals surface area (Å²) in [7, 11) is -7.86. The molecule has 6 aromatic rings. The number of nitrogens with zero attached hydrogens (tertiary/aromatic N) is 2. The summed E-state index contributed by atoms with van der Waals surface area (Å²) in [6.45, 7) is 3.80. The van der Waals surface area contributed by atoms with Crippen LogP contribution in [0.5, 0.6) is 0 Å². The monoisotopic (exact) mass is 1480 g/mol. The third-order valence-electron chi connectivity index (χ3n) is 12.5. The smallest absolute Gasteiger partial charge is 0.323 e. The van der Waals surface area contributed by atoms with E-state index >= 15 is 0 Å². The lowest BCUT2D eigenvalue weighted by molar-refractivity contribution is -0.146. The van der Waals surface area contributed by atoms with Crippen LogP contribution in [0, 0.1) is 17.6 Å². The number of hydrogen-bond acceptors (Lipinski definition) is 12. The second kappa shape index (κ2) is 31.4. The van der Waals surface area contributed by atoms with E-state index in [-0.39, 0.29) is 78.8 Å². The maximum Gasteiger partial charge on any atom is 0.323 e. The van der Waals surface area contributed by atoms with Crippen LogP contribution < -0.4 is 16.4 Å². The number of thioether (sulfide) groups is 2. The number of nitrogens with two attached hydrogens (primary N) is 1. The van der Waals surface area contributed by atoms with Gasteiger partial charge < -0.3 is 26.2 Å². The highest BCUT2D eigenvalue weighted by atomic mass is 128. The van der Waals surface area contributed by atoms with Crippen molar-refractivity contribution in [3.05, 3.63) is 180 Å². The lowest BCUT2D eigenvalue weighted by Crippen LogP contribution is -2.46. The first-order valence-electron chi connectivity index (χ1n) is 24.3. The fourth-order valence-electron chi connectivity index (χ4n) is 8.28. The summed E-state index contributed by atoms with van der Waals surface area (Å²) >= 11 is 6.72. The summed E-state index contributed by atoms with van der Waals surface area (Å²) in [5, 5.41) is 13.2. The van der Waals surface area contributed by atoms with Crippen LogP contribution in [0.15, 0.2) is 168 Å². The van der Waals surface area contributed by atoms with Crippen LogP contribution in [-0.4, -0.2) is 103 Å². The number of carbonyl (C=O) groups is 3. The van der Waals surface area contributed by atoms with E-state index < -0.39 is 78.3 Å². The Labute approximate surface area is 504 Å². The van der Waals surface area contributed by atoms with E-state index in [1.807, 2.05) is 74.5 Å². The average Bonchev–Trinajstić information content (AvgIpc) is 4.22. The summed E-state index contributed by atoms with van der Waals surface area (Å²) < 4.78 is 88.5. The third kappa shape index (κ3) is 17.4. The molecule has 5 N–H and O–H groups in total. The van der Waals surface area contributed by atoms with Crippen molar-refractivity contribution < 1.29 is 49.8 Å². The minimum atomic E-state index is -3.96. The molecule has 6 aromatic carbocycles. The quantitative estimate of drug-likeness (QED) is 0.0442. The van der Waals surface area contributed by atoms with E-state index in [1.165, 1.54) is 68.5 Å². The van der Waals surface area contributed by atoms with E-state index in [9.17, 15) is 45.1 Å². The number of benzene rings is 6. The number of carbonyl (C=O) groups excluding carboxylic acids is 3. The van der Waals surface area contributed by atoms with Crippen LogP contribution in [0.1, 0.15) is 49.9 Å². The fourth-order valence-corrected chi connectivity index (χ4v) is 14.5. The SMILES string of the molecule is CC(C)[C@H](N)C(=O)OCC[C@H](NC(=O)[C@@H]1SCCN1S(=O)(=O)c1ccc(-c2ccccc2)cc1)c1ccc(F)cc1.I.II.O=C(N[C@@H](CCO)c1ccc(F)cc1)[C@@H]1SCCN1S(=O)(=O)c1ccc(-c2ccccc2)cc1. The fraction of sp³-hybridized carbons (Fsp3) is 0.291. The molecule has 2 saturated heterocycles. The highest BCUT2D eigenvalue weighted by molar-refractivity contribution is 15.0. The van der Waals surface area contributed by atoms with Crippen molar-refractivity contribution in [2.75, 3.05) is 37.8 Å². The summed E-state index contributed by atoms with van der Waals surface area (Å²) in [5.41, 5.74) is 10.8. The Morgan fingerprint density at radius 3 is 1.33 bits per heavy atom. The first-order valence-corrected chi connectivity index (χ1v) is 35.6. The average molecular weight is 1480 g/mol. The van der Waals surface area contributed by atoms with Gasteiger partial charge in [-0.1, -0.05) is 123 Å². The third-order valence-corrected chi connectivity index (χ3v) is 18.9. The Balaban J connectivity index is 0.000000279. The molecule has 0 spiro atoms. The molecular formula is C55H60F2I3N5O9S4. The Kier molecular flexibility index (Phi) is 26.2. The highest BCUT2D eigenvalue weighted by Crippen LogP contribution is 2.34. The molecule has 5 atom stereocenters. The van der Waals surface area contributed by atoms with E-state index in [1.54, 1.807) is 60.7 Å². The van der Waals surface area contributed by atoms with Gasteiger partial charge in [-0.25, -0.2) is 25.6 Å². The first-order chi connectivity index (χ1) is 37.0. The second-order valence-electron chi connectivity index (χ2n) is 17.9. The lowest BCUT2D eigenvalue weighted by Gasteiger charge is -2.26. The number of esters is 1. The number of sulfonamides is 2. The highest BCUT2D eigenvalue weighted by Gasteiger charge is 2.42. The van der Waals surface area contributed by atoms with Gasteiger partial charge in [0, 0.05) is 74.9 Å².